The zero-order valence-electron chi connectivity index (χ0n) is 18.1. The predicted molar refractivity (Wildman–Crippen MR) is 140 cm³/mol. The summed E-state index contributed by atoms with van der Waals surface area (Å²) >= 11 is 6.41. The lowest BCUT2D eigenvalue weighted by Crippen LogP contribution is -2.45. The fraction of sp³-hybridized carbons (Fsp3) is 0. The summed E-state index contributed by atoms with van der Waals surface area (Å²) in [6.07, 6.45) is 1.69. The van der Waals surface area contributed by atoms with Crippen LogP contribution in [0, 0.1) is 0 Å². The summed E-state index contributed by atoms with van der Waals surface area (Å²) in [4.78, 5) is 41.0. The quantitative estimate of drug-likeness (QED) is 0.301. The van der Waals surface area contributed by atoms with Crippen molar-refractivity contribution >= 4 is 57.1 Å². The van der Waals surface area contributed by atoms with Gasteiger partial charge >= 0.3 is 0 Å². The fourth-order valence-corrected chi connectivity index (χ4v) is 4.74. The van der Waals surface area contributed by atoms with Crippen molar-refractivity contribution in [3.8, 4) is 11.5 Å². The molecule has 35 heavy (non-hydrogen) atoms. The first-order chi connectivity index (χ1) is 17.0. The molecule has 1 aliphatic heterocycles. The van der Waals surface area contributed by atoms with E-state index in [0.29, 0.717) is 27.3 Å². The number of fused-ring (bicyclic) bond motifs is 1. The lowest BCUT2D eigenvalue weighted by atomic mass is 10.1. The zero-order chi connectivity index (χ0) is 24.4. The van der Waals surface area contributed by atoms with Crippen molar-refractivity contribution in [1.82, 2.24) is 15.4 Å². The van der Waals surface area contributed by atoms with Crippen LogP contribution in [0.2, 0.25) is 0 Å². The van der Waals surface area contributed by atoms with E-state index in [-0.39, 0.29) is 9.88 Å². The van der Waals surface area contributed by atoms with Crippen LogP contribution in [0.1, 0.15) is 15.9 Å². The number of ether oxygens (including phenoxy) is 1. The Bertz CT molecular complexity index is 1560. The second-order valence-corrected chi connectivity index (χ2v) is 9.21. The molecule has 2 amide bonds. The molecule has 1 aromatic heterocycles. The SMILES string of the molecule is O=C(NN1C(=O)C(=Cc2cccc(Oc3ccccc3)c2)SC1=S)c1cc(=O)[nH]c2ccccc12. The van der Waals surface area contributed by atoms with Gasteiger partial charge in [-0.2, -0.15) is 5.01 Å². The third-order valence-electron chi connectivity index (χ3n) is 5.14. The second-order valence-electron chi connectivity index (χ2n) is 7.54. The van der Waals surface area contributed by atoms with Gasteiger partial charge in [-0.3, -0.25) is 19.8 Å². The van der Waals surface area contributed by atoms with E-state index >= 15 is 0 Å². The topological polar surface area (TPSA) is 91.5 Å². The van der Waals surface area contributed by atoms with E-state index in [1.165, 1.54) is 6.07 Å². The molecule has 0 atom stereocenters. The summed E-state index contributed by atoms with van der Waals surface area (Å²) in [6, 6.07) is 24.8. The van der Waals surface area contributed by atoms with Crippen molar-refractivity contribution in [2.75, 3.05) is 0 Å². The number of rotatable bonds is 5. The molecule has 0 aliphatic carbocycles. The fourth-order valence-electron chi connectivity index (χ4n) is 3.56. The summed E-state index contributed by atoms with van der Waals surface area (Å²) in [7, 11) is 0. The maximum atomic E-state index is 13.0. The molecule has 3 aromatic carbocycles. The average molecular weight is 500 g/mol. The van der Waals surface area contributed by atoms with Gasteiger partial charge in [-0.05, 0) is 54.2 Å². The highest BCUT2D eigenvalue weighted by molar-refractivity contribution is 8.26. The summed E-state index contributed by atoms with van der Waals surface area (Å²) in [5.41, 5.74) is 3.53. The van der Waals surface area contributed by atoms with Crippen molar-refractivity contribution in [3.63, 3.8) is 0 Å². The van der Waals surface area contributed by atoms with Gasteiger partial charge in [-0.25, -0.2) is 0 Å². The number of carbonyl (C=O) groups is 2. The van der Waals surface area contributed by atoms with Crippen molar-refractivity contribution in [2.24, 2.45) is 0 Å². The van der Waals surface area contributed by atoms with Crippen LogP contribution in [-0.4, -0.2) is 26.1 Å². The molecule has 4 aromatic rings. The standard InChI is InChI=1S/C26H17N3O4S2/c30-23-15-20(19-11-4-5-12-21(19)27-23)24(31)28-29-25(32)22(35-26(29)34)14-16-7-6-10-18(13-16)33-17-8-2-1-3-9-17/h1-15H,(H,27,30)(H,28,31). The van der Waals surface area contributed by atoms with E-state index in [0.717, 1.165) is 22.3 Å². The van der Waals surface area contributed by atoms with Gasteiger partial charge in [0.15, 0.2) is 4.32 Å². The number of para-hydroxylation sites is 2. The van der Waals surface area contributed by atoms with E-state index in [9.17, 15) is 14.4 Å². The maximum absolute atomic E-state index is 13.0. The molecule has 0 radical (unpaired) electrons. The van der Waals surface area contributed by atoms with Crippen molar-refractivity contribution < 1.29 is 14.3 Å². The van der Waals surface area contributed by atoms with E-state index in [1.54, 1.807) is 36.4 Å². The van der Waals surface area contributed by atoms with Crippen LogP contribution in [0.4, 0.5) is 0 Å². The molecule has 1 saturated heterocycles. The number of nitrogens with one attached hydrogen (secondary N) is 2. The lowest BCUT2D eigenvalue weighted by molar-refractivity contribution is -0.123. The van der Waals surface area contributed by atoms with Crippen LogP contribution in [0.5, 0.6) is 11.5 Å². The number of hydrogen-bond donors (Lipinski definition) is 2. The van der Waals surface area contributed by atoms with E-state index in [2.05, 4.69) is 10.4 Å². The molecule has 0 unspecified atom stereocenters. The van der Waals surface area contributed by atoms with E-state index in [1.807, 2.05) is 48.5 Å². The predicted octanol–water partition coefficient (Wildman–Crippen LogP) is 4.87. The molecule has 172 valence electrons. The maximum Gasteiger partial charge on any atom is 0.285 e. The number of hydrogen-bond acceptors (Lipinski definition) is 6. The Morgan fingerprint density at radius 3 is 2.51 bits per heavy atom. The molecule has 2 N–H and O–H groups in total. The highest BCUT2D eigenvalue weighted by Gasteiger charge is 2.34. The molecule has 9 heteroatoms. The third-order valence-corrected chi connectivity index (χ3v) is 6.44. The van der Waals surface area contributed by atoms with Gasteiger partial charge < -0.3 is 9.72 Å². The van der Waals surface area contributed by atoms with Crippen LogP contribution < -0.4 is 15.7 Å². The number of aromatic nitrogens is 1. The minimum Gasteiger partial charge on any atom is -0.457 e. The normalized spacial score (nSPS) is 14.5. The molecule has 1 aliphatic rings. The largest absolute Gasteiger partial charge is 0.457 e. The van der Waals surface area contributed by atoms with Gasteiger partial charge in [0.2, 0.25) is 5.56 Å². The number of benzene rings is 3. The van der Waals surface area contributed by atoms with Gasteiger partial charge in [0, 0.05) is 17.0 Å². The Morgan fingerprint density at radius 2 is 1.69 bits per heavy atom. The van der Waals surface area contributed by atoms with Crippen LogP contribution in [-0.2, 0) is 4.79 Å². The smallest absolute Gasteiger partial charge is 0.285 e. The van der Waals surface area contributed by atoms with Crippen molar-refractivity contribution in [2.45, 2.75) is 0 Å². The molecule has 0 saturated carbocycles. The first-order valence-corrected chi connectivity index (χ1v) is 11.7. The van der Waals surface area contributed by atoms with Crippen LogP contribution in [0.15, 0.2) is 94.6 Å². The second kappa shape index (κ2) is 9.57. The monoisotopic (exact) mass is 499 g/mol. The third kappa shape index (κ3) is 4.86. The Hall–Kier alpha value is -4.21. The van der Waals surface area contributed by atoms with Gasteiger partial charge in [-0.1, -0.05) is 60.3 Å². The molecule has 0 spiro atoms. The number of pyridine rings is 1. The zero-order valence-corrected chi connectivity index (χ0v) is 19.7. The van der Waals surface area contributed by atoms with Crippen LogP contribution in [0.25, 0.3) is 17.0 Å². The summed E-state index contributed by atoms with van der Waals surface area (Å²) in [5.74, 6) is 0.251. The minimum atomic E-state index is -0.608. The summed E-state index contributed by atoms with van der Waals surface area (Å²) < 4.78 is 6.04. The molecule has 0 bridgehead atoms. The first kappa shape index (κ1) is 22.6. The first-order valence-electron chi connectivity index (χ1n) is 10.5. The number of thiocarbonyl (C=S) groups is 1. The van der Waals surface area contributed by atoms with Crippen molar-refractivity contribution in [1.29, 1.82) is 0 Å². The Kier molecular flexibility index (Phi) is 6.17. The Morgan fingerprint density at radius 1 is 0.943 bits per heavy atom. The summed E-state index contributed by atoms with van der Waals surface area (Å²) in [5, 5.41) is 1.58. The number of carbonyl (C=O) groups excluding carboxylic acids is 2. The van der Waals surface area contributed by atoms with E-state index in [4.69, 9.17) is 17.0 Å². The number of thioether (sulfide) groups is 1. The van der Waals surface area contributed by atoms with Gasteiger partial charge in [0.25, 0.3) is 11.8 Å². The van der Waals surface area contributed by atoms with Crippen molar-refractivity contribution in [3.05, 3.63) is 111 Å². The van der Waals surface area contributed by atoms with Gasteiger partial charge in [0.1, 0.15) is 11.5 Å². The van der Waals surface area contributed by atoms with Gasteiger partial charge in [0.05, 0.1) is 10.5 Å². The minimum absolute atomic E-state index is 0.146. The average Bonchev–Trinajstić information content (AvgIpc) is 3.11. The summed E-state index contributed by atoms with van der Waals surface area (Å²) in [6.45, 7) is 0. The molecule has 2 heterocycles. The highest BCUT2D eigenvalue weighted by Crippen LogP contribution is 2.32. The number of aromatic amines is 1. The molecular weight excluding hydrogens is 482 g/mol. The number of nitrogens with zero attached hydrogens (tertiary/aromatic N) is 1. The number of amides is 2. The number of hydrazine groups is 1. The molecular formula is C26H17N3O4S2. The number of H-pyrrole nitrogens is 1. The van der Waals surface area contributed by atoms with E-state index < -0.39 is 17.4 Å². The molecule has 5 rings (SSSR count). The van der Waals surface area contributed by atoms with Crippen LogP contribution >= 0.6 is 24.0 Å². The Labute approximate surface area is 209 Å². The Balaban J connectivity index is 1.36. The lowest BCUT2D eigenvalue weighted by Gasteiger charge is -2.16. The van der Waals surface area contributed by atoms with Gasteiger partial charge in [-0.15, -0.1) is 0 Å². The van der Waals surface area contributed by atoms with Crippen LogP contribution in [0.3, 0.4) is 0 Å². The highest BCUT2D eigenvalue weighted by atomic mass is 32.2. The molecule has 7 nitrogen and oxygen atoms in total. The molecule has 1 fully saturated rings.